The number of carbonyl (C=O) groups excluding carboxylic acids is 2. The first-order valence-corrected chi connectivity index (χ1v) is 10.6. The number of thiophene rings is 2. The monoisotopic (exact) mass is 423 g/mol. The van der Waals surface area contributed by atoms with Crippen LogP contribution in [0.4, 0.5) is 0 Å². The zero-order chi connectivity index (χ0) is 20.4. The van der Waals surface area contributed by atoms with Crippen molar-refractivity contribution in [1.82, 2.24) is 14.9 Å². The number of nitrogens with one attached hydrogen (secondary N) is 1. The molecule has 0 bridgehead atoms. The van der Waals surface area contributed by atoms with Gasteiger partial charge in [0, 0.05) is 16.7 Å². The van der Waals surface area contributed by atoms with Crippen molar-refractivity contribution < 1.29 is 9.59 Å². The fourth-order valence-electron chi connectivity index (χ4n) is 2.88. The topological polar surface area (TPSA) is 81.1 Å². The zero-order valence-corrected chi connectivity index (χ0v) is 17.2. The first kappa shape index (κ1) is 19.2. The minimum Gasteiger partial charge on any atom is -0.351 e. The van der Waals surface area contributed by atoms with Gasteiger partial charge in [0.15, 0.2) is 5.78 Å². The number of carbonyl (C=O) groups is 2. The van der Waals surface area contributed by atoms with Gasteiger partial charge in [-0.05, 0) is 23.8 Å². The average Bonchev–Trinajstić information content (AvgIpc) is 3.37. The molecule has 3 aromatic heterocycles. The minimum atomic E-state index is -0.225. The molecule has 6 nitrogen and oxygen atoms in total. The number of hydrogen-bond acceptors (Lipinski definition) is 6. The molecule has 4 rings (SSSR count). The van der Waals surface area contributed by atoms with E-state index in [0.29, 0.717) is 21.6 Å². The standard InChI is InChI=1S/C21H17N3O3S2/c1-13(25)22-10-15-7-8-18(28-15)17(26)11-24-12-23-20-16(21(24)27)9-19(29-20)14-5-3-2-4-6-14/h2-9,12H,10-11H2,1H3,(H,22,25). The third-order valence-corrected chi connectivity index (χ3v) is 6.56. The summed E-state index contributed by atoms with van der Waals surface area (Å²) in [5.41, 5.74) is 0.805. The van der Waals surface area contributed by atoms with E-state index < -0.39 is 0 Å². The molecule has 0 aliphatic heterocycles. The Labute approximate surface area is 174 Å². The highest BCUT2D eigenvalue weighted by atomic mass is 32.1. The number of aromatic nitrogens is 2. The van der Waals surface area contributed by atoms with E-state index in [1.807, 2.05) is 42.5 Å². The fraction of sp³-hybridized carbons (Fsp3) is 0.143. The van der Waals surface area contributed by atoms with Crippen LogP contribution in [-0.2, 0) is 17.9 Å². The Morgan fingerprint density at radius 2 is 1.90 bits per heavy atom. The lowest BCUT2D eigenvalue weighted by Gasteiger charge is -2.03. The van der Waals surface area contributed by atoms with Crippen LogP contribution in [0.1, 0.15) is 21.5 Å². The zero-order valence-electron chi connectivity index (χ0n) is 15.5. The van der Waals surface area contributed by atoms with Gasteiger partial charge in [0.2, 0.25) is 5.91 Å². The molecule has 3 heterocycles. The molecule has 0 saturated heterocycles. The molecule has 4 aromatic rings. The average molecular weight is 424 g/mol. The fourth-order valence-corrected chi connectivity index (χ4v) is 4.76. The summed E-state index contributed by atoms with van der Waals surface area (Å²) in [6.45, 7) is 1.76. The van der Waals surface area contributed by atoms with Crippen LogP contribution >= 0.6 is 22.7 Å². The Morgan fingerprint density at radius 3 is 2.66 bits per heavy atom. The molecule has 0 aliphatic rings. The van der Waals surface area contributed by atoms with Crippen LogP contribution < -0.4 is 10.9 Å². The second-order valence-corrected chi connectivity index (χ2v) is 8.67. The molecule has 8 heteroatoms. The number of fused-ring (bicyclic) bond motifs is 1. The molecule has 0 radical (unpaired) electrons. The first-order valence-electron chi connectivity index (χ1n) is 8.92. The quantitative estimate of drug-likeness (QED) is 0.480. The Morgan fingerprint density at radius 1 is 1.10 bits per heavy atom. The molecule has 1 aromatic carbocycles. The van der Waals surface area contributed by atoms with E-state index in [2.05, 4.69) is 10.3 Å². The van der Waals surface area contributed by atoms with E-state index in [1.54, 1.807) is 6.07 Å². The number of hydrogen-bond donors (Lipinski definition) is 1. The summed E-state index contributed by atoms with van der Waals surface area (Å²) in [5.74, 6) is -0.284. The Hall–Kier alpha value is -3.10. The van der Waals surface area contributed by atoms with Gasteiger partial charge >= 0.3 is 0 Å². The summed E-state index contributed by atoms with van der Waals surface area (Å²) in [4.78, 5) is 43.9. The molecule has 0 fully saturated rings. The van der Waals surface area contributed by atoms with Gasteiger partial charge in [-0.3, -0.25) is 19.0 Å². The third-order valence-electron chi connectivity index (χ3n) is 4.34. The van der Waals surface area contributed by atoms with Gasteiger partial charge in [-0.15, -0.1) is 22.7 Å². The highest BCUT2D eigenvalue weighted by molar-refractivity contribution is 7.21. The molecule has 1 N–H and O–H groups in total. The Kier molecular flexibility index (Phi) is 5.37. The van der Waals surface area contributed by atoms with E-state index in [-0.39, 0.29) is 23.8 Å². The van der Waals surface area contributed by atoms with Crippen LogP contribution in [-0.4, -0.2) is 21.2 Å². The first-order chi connectivity index (χ1) is 14.0. The highest BCUT2D eigenvalue weighted by Crippen LogP contribution is 2.30. The summed E-state index contributed by atoms with van der Waals surface area (Å²) in [7, 11) is 0. The van der Waals surface area contributed by atoms with Gasteiger partial charge < -0.3 is 5.32 Å². The summed E-state index contributed by atoms with van der Waals surface area (Å²) in [6, 6.07) is 15.2. The van der Waals surface area contributed by atoms with Gasteiger partial charge in [-0.1, -0.05) is 30.3 Å². The third kappa shape index (κ3) is 4.18. The lowest BCUT2D eigenvalue weighted by molar-refractivity contribution is -0.119. The summed E-state index contributed by atoms with van der Waals surface area (Å²) in [6.07, 6.45) is 1.43. The number of nitrogens with zero attached hydrogens (tertiary/aromatic N) is 2. The van der Waals surface area contributed by atoms with Crippen molar-refractivity contribution in [1.29, 1.82) is 0 Å². The van der Waals surface area contributed by atoms with E-state index in [1.165, 1.54) is 40.5 Å². The Balaban J connectivity index is 1.56. The molecule has 146 valence electrons. The lowest BCUT2D eigenvalue weighted by Crippen LogP contribution is -2.23. The second-order valence-electron chi connectivity index (χ2n) is 6.47. The van der Waals surface area contributed by atoms with Crippen LogP contribution in [0.5, 0.6) is 0 Å². The Bertz CT molecular complexity index is 1260. The number of benzene rings is 1. The number of rotatable bonds is 6. The SMILES string of the molecule is CC(=O)NCc1ccc(C(=O)Cn2cnc3sc(-c4ccccc4)cc3c2=O)s1. The molecule has 1 amide bonds. The van der Waals surface area contributed by atoms with Crippen molar-refractivity contribution >= 4 is 44.6 Å². The van der Waals surface area contributed by atoms with Crippen LogP contribution in [0, 0.1) is 0 Å². The maximum Gasteiger partial charge on any atom is 0.262 e. The predicted octanol–water partition coefficient (Wildman–Crippen LogP) is 3.71. The van der Waals surface area contributed by atoms with Gasteiger partial charge in [0.25, 0.3) is 5.56 Å². The van der Waals surface area contributed by atoms with Gasteiger partial charge in [0.1, 0.15) is 4.83 Å². The van der Waals surface area contributed by atoms with Crippen molar-refractivity contribution in [3.8, 4) is 10.4 Å². The highest BCUT2D eigenvalue weighted by Gasteiger charge is 2.15. The van der Waals surface area contributed by atoms with Crippen molar-refractivity contribution in [3.63, 3.8) is 0 Å². The van der Waals surface area contributed by atoms with Crippen molar-refractivity contribution in [2.45, 2.75) is 20.0 Å². The molecular formula is C21H17N3O3S2. The van der Waals surface area contributed by atoms with E-state index >= 15 is 0 Å². The van der Waals surface area contributed by atoms with Gasteiger partial charge in [-0.25, -0.2) is 4.98 Å². The van der Waals surface area contributed by atoms with Crippen LogP contribution in [0.3, 0.4) is 0 Å². The van der Waals surface area contributed by atoms with Crippen LogP contribution in [0.2, 0.25) is 0 Å². The predicted molar refractivity (Wildman–Crippen MR) is 115 cm³/mol. The van der Waals surface area contributed by atoms with E-state index in [4.69, 9.17) is 0 Å². The molecule has 0 atom stereocenters. The normalized spacial score (nSPS) is 10.9. The summed E-state index contributed by atoms with van der Waals surface area (Å²) in [5, 5.41) is 3.22. The number of Topliss-reactive ketones (excluding diaryl/α,β-unsaturated/α-hetero) is 1. The van der Waals surface area contributed by atoms with Crippen molar-refractivity contribution in [2.75, 3.05) is 0 Å². The van der Waals surface area contributed by atoms with Crippen LogP contribution in [0.25, 0.3) is 20.7 Å². The molecule has 0 unspecified atom stereocenters. The van der Waals surface area contributed by atoms with E-state index in [0.717, 1.165) is 15.3 Å². The number of amides is 1. The molecule has 0 aliphatic carbocycles. The van der Waals surface area contributed by atoms with Gasteiger partial charge in [-0.2, -0.15) is 0 Å². The van der Waals surface area contributed by atoms with Crippen molar-refractivity contribution in [3.05, 3.63) is 75.0 Å². The number of ketones is 1. The van der Waals surface area contributed by atoms with Crippen molar-refractivity contribution in [2.24, 2.45) is 0 Å². The second kappa shape index (κ2) is 8.10. The molecular weight excluding hydrogens is 406 g/mol. The smallest absolute Gasteiger partial charge is 0.262 e. The minimum absolute atomic E-state index is 0.0711. The maximum absolute atomic E-state index is 12.9. The van der Waals surface area contributed by atoms with Crippen LogP contribution in [0.15, 0.2) is 59.7 Å². The van der Waals surface area contributed by atoms with E-state index in [9.17, 15) is 14.4 Å². The lowest BCUT2D eigenvalue weighted by atomic mass is 10.2. The molecule has 29 heavy (non-hydrogen) atoms. The van der Waals surface area contributed by atoms with Gasteiger partial charge in [0.05, 0.1) is 29.7 Å². The largest absolute Gasteiger partial charge is 0.351 e. The summed E-state index contributed by atoms with van der Waals surface area (Å²) >= 11 is 2.77. The summed E-state index contributed by atoms with van der Waals surface area (Å²) < 4.78 is 1.35. The maximum atomic E-state index is 12.9. The molecule has 0 spiro atoms. The molecule has 0 saturated carbocycles.